The number of carbonyl (C=O) groups excluding carboxylic acids is 1. The van der Waals surface area contributed by atoms with Crippen molar-refractivity contribution in [3.63, 3.8) is 0 Å². The zero-order valence-corrected chi connectivity index (χ0v) is 17.0. The van der Waals surface area contributed by atoms with Crippen LogP contribution in [0.4, 0.5) is 0 Å². The largest absolute Gasteiger partial charge is 0.492 e. The first-order chi connectivity index (χ1) is 14.2. The Morgan fingerprint density at radius 1 is 1.28 bits per heavy atom. The molecule has 0 N–H and O–H groups in total. The van der Waals surface area contributed by atoms with E-state index in [0.29, 0.717) is 13.2 Å². The first-order valence-corrected chi connectivity index (χ1v) is 10.3. The molecule has 1 spiro atoms. The predicted octanol–water partition coefficient (Wildman–Crippen LogP) is 2.41. The van der Waals surface area contributed by atoms with E-state index >= 15 is 0 Å². The van der Waals surface area contributed by atoms with Gasteiger partial charge in [-0.3, -0.25) is 9.69 Å². The second-order valence-corrected chi connectivity index (χ2v) is 8.00. The highest BCUT2D eigenvalue weighted by molar-refractivity contribution is 5.78. The van der Waals surface area contributed by atoms with Gasteiger partial charge >= 0.3 is 0 Å². The van der Waals surface area contributed by atoms with Crippen LogP contribution in [0.2, 0.25) is 0 Å². The summed E-state index contributed by atoms with van der Waals surface area (Å²) < 4.78 is 16.6. The number of nitrogens with zero attached hydrogens (tertiary/aromatic N) is 3. The van der Waals surface area contributed by atoms with Crippen molar-refractivity contribution in [2.24, 2.45) is 5.41 Å². The molecule has 3 heterocycles. The number of ether oxygens (including phenoxy) is 2. The SMILES string of the molecule is COCC(=O)N1CC(c2ncco2)C2(CCN(CCOc3ccccc3)CC2)C1. The van der Waals surface area contributed by atoms with Crippen LogP contribution in [0.1, 0.15) is 24.7 Å². The van der Waals surface area contributed by atoms with E-state index in [4.69, 9.17) is 13.9 Å². The van der Waals surface area contributed by atoms with Crippen LogP contribution in [-0.4, -0.2) is 73.7 Å². The summed E-state index contributed by atoms with van der Waals surface area (Å²) in [4.78, 5) is 21.2. The maximum absolute atomic E-state index is 12.4. The minimum atomic E-state index is 0.0189. The molecule has 1 unspecified atom stereocenters. The predicted molar refractivity (Wildman–Crippen MR) is 108 cm³/mol. The number of rotatable bonds is 7. The van der Waals surface area contributed by atoms with E-state index in [1.54, 1.807) is 19.6 Å². The van der Waals surface area contributed by atoms with Gasteiger partial charge in [0.1, 0.15) is 25.2 Å². The van der Waals surface area contributed by atoms with Crippen molar-refractivity contribution in [3.05, 3.63) is 48.7 Å². The van der Waals surface area contributed by atoms with Crippen LogP contribution in [0.3, 0.4) is 0 Å². The highest BCUT2D eigenvalue weighted by atomic mass is 16.5. The van der Waals surface area contributed by atoms with E-state index < -0.39 is 0 Å². The number of benzene rings is 1. The van der Waals surface area contributed by atoms with Crippen molar-refractivity contribution in [3.8, 4) is 5.75 Å². The maximum atomic E-state index is 12.4. The van der Waals surface area contributed by atoms with E-state index in [0.717, 1.165) is 50.7 Å². The molecule has 1 aromatic carbocycles. The Morgan fingerprint density at radius 2 is 2.07 bits per heavy atom. The van der Waals surface area contributed by atoms with Gasteiger partial charge < -0.3 is 18.8 Å². The zero-order valence-electron chi connectivity index (χ0n) is 17.0. The summed E-state index contributed by atoms with van der Waals surface area (Å²) in [7, 11) is 1.56. The van der Waals surface area contributed by atoms with Crippen LogP contribution in [0, 0.1) is 5.41 Å². The molecule has 0 bridgehead atoms. The molecule has 0 aliphatic carbocycles. The summed E-state index contributed by atoms with van der Waals surface area (Å²) in [5.74, 6) is 1.84. The first kappa shape index (κ1) is 19.9. The third kappa shape index (κ3) is 4.46. The van der Waals surface area contributed by atoms with Crippen molar-refractivity contribution >= 4 is 5.91 Å². The lowest BCUT2D eigenvalue weighted by molar-refractivity contribution is -0.134. The molecule has 2 aromatic rings. The normalized spacial score (nSPS) is 21.6. The number of para-hydroxylation sites is 1. The molecule has 2 fully saturated rings. The number of oxazole rings is 1. The number of hydrogen-bond donors (Lipinski definition) is 0. The molecule has 1 amide bonds. The molecule has 1 aromatic heterocycles. The quantitative estimate of drug-likeness (QED) is 0.712. The van der Waals surface area contributed by atoms with Gasteiger partial charge in [0.05, 0.1) is 12.1 Å². The number of methoxy groups -OCH3 is 1. The van der Waals surface area contributed by atoms with Gasteiger partial charge in [0.2, 0.25) is 5.91 Å². The molecule has 7 nitrogen and oxygen atoms in total. The van der Waals surface area contributed by atoms with Crippen molar-refractivity contribution in [1.29, 1.82) is 0 Å². The number of carbonyl (C=O) groups is 1. The molecule has 29 heavy (non-hydrogen) atoms. The van der Waals surface area contributed by atoms with Gasteiger partial charge in [-0.05, 0) is 38.1 Å². The van der Waals surface area contributed by atoms with Crippen LogP contribution in [0.5, 0.6) is 5.75 Å². The van der Waals surface area contributed by atoms with Gasteiger partial charge in [-0.2, -0.15) is 0 Å². The van der Waals surface area contributed by atoms with Crippen LogP contribution >= 0.6 is 0 Å². The smallest absolute Gasteiger partial charge is 0.248 e. The fourth-order valence-corrected chi connectivity index (χ4v) is 4.66. The van der Waals surface area contributed by atoms with Crippen LogP contribution in [0.15, 0.2) is 47.2 Å². The molecule has 2 saturated heterocycles. The highest BCUT2D eigenvalue weighted by Crippen LogP contribution is 2.49. The molecule has 2 aliphatic heterocycles. The lowest BCUT2D eigenvalue weighted by Crippen LogP contribution is -2.45. The first-order valence-electron chi connectivity index (χ1n) is 10.3. The third-order valence-electron chi connectivity index (χ3n) is 6.29. The van der Waals surface area contributed by atoms with Crippen molar-refractivity contribution in [1.82, 2.24) is 14.8 Å². The molecule has 1 atom stereocenters. The highest BCUT2D eigenvalue weighted by Gasteiger charge is 2.51. The van der Waals surface area contributed by atoms with E-state index in [9.17, 15) is 4.79 Å². The lowest BCUT2D eigenvalue weighted by Gasteiger charge is -2.41. The van der Waals surface area contributed by atoms with Crippen LogP contribution in [0.25, 0.3) is 0 Å². The third-order valence-corrected chi connectivity index (χ3v) is 6.29. The van der Waals surface area contributed by atoms with Gasteiger partial charge in [0.25, 0.3) is 0 Å². The van der Waals surface area contributed by atoms with Gasteiger partial charge in [0.15, 0.2) is 5.89 Å². The molecular weight excluding hydrogens is 370 g/mol. The van der Waals surface area contributed by atoms with Crippen molar-refractivity contribution in [2.45, 2.75) is 18.8 Å². The Morgan fingerprint density at radius 3 is 2.76 bits per heavy atom. The topological polar surface area (TPSA) is 68.0 Å². The van der Waals surface area contributed by atoms with Gasteiger partial charge in [-0.25, -0.2) is 4.98 Å². The fraction of sp³-hybridized carbons (Fsp3) is 0.545. The standard InChI is InChI=1S/C22H29N3O4/c1-27-16-20(26)25-15-19(21-23-9-13-29-21)22(17-25)7-10-24(11-8-22)12-14-28-18-5-3-2-4-6-18/h2-6,9,13,19H,7-8,10-12,14-17H2,1H3. The summed E-state index contributed by atoms with van der Waals surface area (Å²) in [6.45, 7) is 5.08. The van der Waals surface area contributed by atoms with E-state index in [2.05, 4.69) is 9.88 Å². The number of aromatic nitrogens is 1. The molecule has 156 valence electrons. The Balaban J connectivity index is 1.36. The summed E-state index contributed by atoms with van der Waals surface area (Å²) in [5, 5.41) is 0. The van der Waals surface area contributed by atoms with Gasteiger partial charge in [0, 0.05) is 32.2 Å². The Kier molecular flexibility index (Phi) is 6.16. The van der Waals surface area contributed by atoms with E-state index in [1.165, 1.54) is 0 Å². The molecule has 4 rings (SSSR count). The maximum Gasteiger partial charge on any atom is 0.248 e. The lowest BCUT2D eigenvalue weighted by atomic mass is 9.70. The van der Waals surface area contributed by atoms with Crippen molar-refractivity contribution in [2.75, 3.05) is 53.0 Å². The molecule has 2 aliphatic rings. The minimum absolute atomic E-state index is 0.0189. The number of amides is 1. The Bertz CT molecular complexity index is 773. The molecule has 7 heteroatoms. The van der Waals surface area contributed by atoms with Crippen molar-refractivity contribution < 1.29 is 18.7 Å². The molecule has 0 radical (unpaired) electrons. The Labute approximate surface area is 171 Å². The molecule has 0 saturated carbocycles. The van der Waals surface area contributed by atoms with Gasteiger partial charge in [-0.1, -0.05) is 18.2 Å². The summed E-state index contributed by atoms with van der Waals surface area (Å²) >= 11 is 0. The summed E-state index contributed by atoms with van der Waals surface area (Å²) in [5.41, 5.74) is 0.0189. The monoisotopic (exact) mass is 399 g/mol. The van der Waals surface area contributed by atoms with Crippen LogP contribution < -0.4 is 4.74 Å². The van der Waals surface area contributed by atoms with Crippen LogP contribution in [-0.2, 0) is 9.53 Å². The number of piperidine rings is 1. The minimum Gasteiger partial charge on any atom is -0.492 e. The fourth-order valence-electron chi connectivity index (χ4n) is 4.66. The summed E-state index contributed by atoms with van der Waals surface area (Å²) in [6.07, 6.45) is 5.35. The number of hydrogen-bond acceptors (Lipinski definition) is 6. The zero-order chi connectivity index (χ0) is 20.1. The van der Waals surface area contributed by atoms with Gasteiger partial charge in [-0.15, -0.1) is 0 Å². The molecular formula is C22H29N3O4. The average Bonchev–Trinajstić information content (AvgIpc) is 3.39. The van der Waals surface area contributed by atoms with E-state index in [1.807, 2.05) is 35.2 Å². The Hall–Kier alpha value is -2.38. The second kappa shape index (κ2) is 8.97. The average molecular weight is 399 g/mol. The number of likely N-dealkylation sites (tertiary alicyclic amines) is 2. The summed E-state index contributed by atoms with van der Waals surface area (Å²) in [6, 6.07) is 9.93. The van der Waals surface area contributed by atoms with E-state index in [-0.39, 0.29) is 23.8 Å². The second-order valence-electron chi connectivity index (χ2n) is 8.00.